The van der Waals surface area contributed by atoms with E-state index in [2.05, 4.69) is 9.97 Å². The molecule has 0 radical (unpaired) electrons. The molecule has 4 nitrogen and oxygen atoms in total. The van der Waals surface area contributed by atoms with E-state index in [1.165, 1.54) is 0 Å². The summed E-state index contributed by atoms with van der Waals surface area (Å²) in [6.07, 6.45) is -1.57. The molecule has 3 rings (SSSR count). The smallest absolute Gasteiger partial charge is 0.433 e. The topological polar surface area (TPSA) is 38.2 Å². The Morgan fingerprint density at radius 1 is 1.17 bits per heavy atom. The van der Waals surface area contributed by atoms with Crippen molar-refractivity contribution in [2.45, 2.75) is 25.1 Å². The maximum Gasteiger partial charge on any atom is 0.433 e. The van der Waals surface area contributed by atoms with Crippen molar-refractivity contribution >= 4 is 5.95 Å². The molecule has 1 aliphatic heterocycles. The van der Waals surface area contributed by atoms with Crippen LogP contribution in [0.25, 0.3) is 0 Å². The van der Waals surface area contributed by atoms with Crippen LogP contribution in [0.2, 0.25) is 0 Å². The Kier molecular flexibility index (Phi) is 4.11. The zero-order valence-electron chi connectivity index (χ0n) is 12.5. The Hall–Kier alpha value is -2.31. The van der Waals surface area contributed by atoms with E-state index in [1.54, 1.807) is 7.11 Å². The van der Waals surface area contributed by atoms with Crippen LogP contribution in [0.1, 0.15) is 30.1 Å². The second-order valence-corrected chi connectivity index (χ2v) is 5.36. The molecule has 0 spiro atoms. The van der Waals surface area contributed by atoms with Crippen molar-refractivity contribution in [1.29, 1.82) is 0 Å². The van der Waals surface area contributed by atoms with Crippen molar-refractivity contribution in [3.05, 3.63) is 47.8 Å². The van der Waals surface area contributed by atoms with E-state index in [0.29, 0.717) is 6.54 Å². The SMILES string of the molecule is COc1ccc(C2CCCN2c2nccc(C(F)(F)F)n2)cc1. The molecule has 2 aromatic rings. The van der Waals surface area contributed by atoms with Gasteiger partial charge in [0.05, 0.1) is 13.2 Å². The first-order valence-corrected chi connectivity index (χ1v) is 7.30. The Morgan fingerprint density at radius 3 is 2.57 bits per heavy atom. The van der Waals surface area contributed by atoms with Crippen LogP contribution < -0.4 is 9.64 Å². The minimum Gasteiger partial charge on any atom is -0.497 e. The first-order chi connectivity index (χ1) is 11.0. The van der Waals surface area contributed by atoms with Gasteiger partial charge in [-0.2, -0.15) is 13.2 Å². The van der Waals surface area contributed by atoms with Crippen LogP contribution in [0.5, 0.6) is 5.75 Å². The van der Waals surface area contributed by atoms with Crippen molar-refractivity contribution in [2.24, 2.45) is 0 Å². The molecule has 1 unspecified atom stereocenters. The third kappa shape index (κ3) is 3.23. The van der Waals surface area contributed by atoms with E-state index in [4.69, 9.17) is 4.74 Å². The highest BCUT2D eigenvalue weighted by molar-refractivity contribution is 5.40. The Labute approximate surface area is 131 Å². The number of aromatic nitrogens is 2. The summed E-state index contributed by atoms with van der Waals surface area (Å²) in [5.74, 6) is 0.867. The minimum atomic E-state index is -4.47. The van der Waals surface area contributed by atoms with Gasteiger partial charge >= 0.3 is 6.18 Å². The standard InChI is InChI=1S/C16H16F3N3O/c1-23-12-6-4-11(5-7-12)13-3-2-10-22(13)15-20-9-8-14(21-15)16(17,18)19/h4-9,13H,2-3,10H2,1H3. The molecule has 23 heavy (non-hydrogen) atoms. The fourth-order valence-electron chi connectivity index (χ4n) is 2.82. The van der Waals surface area contributed by atoms with Crippen LogP contribution >= 0.6 is 0 Å². The van der Waals surface area contributed by atoms with Crippen molar-refractivity contribution < 1.29 is 17.9 Å². The first-order valence-electron chi connectivity index (χ1n) is 7.30. The molecule has 1 atom stereocenters. The fourth-order valence-corrected chi connectivity index (χ4v) is 2.82. The van der Waals surface area contributed by atoms with E-state index in [-0.39, 0.29) is 12.0 Å². The lowest BCUT2D eigenvalue weighted by molar-refractivity contribution is -0.141. The van der Waals surface area contributed by atoms with Gasteiger partial charge in [0.25, 0.3) is 0 Å². The third-order valence-corrected chi connectivity index (χ3v) is 3.94. The first kappa shape index (κ1) is 15.6. The number of anilines is 1. The summed E-state index contributed by atoms with van der Waals surface area (Å²) in [6.45, 7) is 0.637. The highest BCUT2D eigenvalue weighted by Crippen LogP contribution is 2.36. The van der Waals surface area contributed by atoms with Crippen LogP contribution in [0.4, 0.5) is 19.1 Å². The van der Waals surface area contributed by atoms with Crippen LogP contribution in [0, 0.1) is 0 Å². The van der Waals surface area contributed by atoms with Crippen LogP contribution in [-0.2, 0) is 6.18 Å². The maximum absolute atomic E-state index is 12.8. The van der Waals surface area contributed by atoms with Crippen LogP contribution in [0.15, 0.2) is 36.5 Å². The summed E-state index contributed by atoms with van der Waals surface area (Å²) in [4.78, 5) is 9.57. The van der Waals surface area contributed by atoms with Gasteiger partial charge in [-0.1, -0.05) is 12.1 Å². The van der Waals surface area contributed by atoms with Gasteiger partial charge in [-0.3, -0.25) is 0 Å². The highest BCUT2D eigenvalue weighted by atomic mass is 19.4. The summed E-state index contributed by atoms with van der Waals surface area (Å²) in [6, 6.07) is 8.41. The number of ether oxygens (including phenoxy) is 1. The highest BCUT2D eigenvalue weighted by Gasteiger charge is 2.35. The number of benzene rings is 1. The van der Waals surface area contributed by atoms with E-state index < -0.39 is 11.9 Å². The number of nitrogens with zero attached hydrogens (tertiary/aromatic N) is 3. The van der Waals surface area contributed by atoms with Crippen LogP contribution in [0.3, 0.4) is 0 Å². The Balaban J connectivity index is 1.89. The molecular weight excluding hydrogens is 307 g/mol. The van der Waals surface area contributed by atoms with E-state index in [9.17, 15) is 13.2 Å². The minimum absolute atomic E-state index is 0.0237. The number of rotatable bonds is 3. The van der Waals surface area contributed by atoms with Crippen molar-refractivity contribution in [2.75, 3.05) is 18.6 Å². The lowest BCUT2D eigenvalue weighted by atomic mass is 10.0. The van der Waals surface area contributed by atoms with E-state index >= 15 is 0 Å². The summed E-state index contributed by atoms with van der Waals surface area (Å²) in [7, 11) is 1.59. The number of halogens is 3. The average Bonchev–Trinajstić information content (AvgIpc) is 3.04. The second kappa shape index (κ2) is 6.06. The normalized spacial score (nSPS) is 18.3. The van der Waals surface area contributed by atoms with E-state index in [1.807, 2.05) is 29.2 Å². The van der Waals surface area contributed by atoms with Gasteiger partial charge in [-0.05, 0) is 36.6 Å². The summed E-state index contributed by atoms with van der Waals surface area (Å²) < 4.78 is 43.6. The third-order valence-electron chi connectivity index (χ3n) is 3.94. The molecule has 0 bridgehead atoms. The molecule has 0 N–H and O–H groups in total. The van der Waals surface area contributed by atoms with Crippen LogP contribution in [-0.4, -0.2) is 23.6 Å². The molecule has 1 aromatic carbocycles. The second-order valence-electron chi connectivity index (χ2n) is 5.36. The number of hydrogen-bond donors (Lipinski definition) is 0. The zero-order chi connectivity index (χ0) is 16.4. The van der Waals surface area contributed by atoms with Gasteiger partial charge in [-0.15, -0.1) is 0 Å². The average molecular weight is 323 g/mol. The van der Waals surface area contributed by atoms with Crippen molar-refractivity contribution in [3.63, 3.8) is 0 Å². The molecule has 0 amide bonds. The van der Waals surface area contributed by atoms with Gasteiger partial charge in [0.1, 0.15) is 11.4 Å². The lowest BCUT2D eigenvalue weighted by Crippen LogP contribution is -2.25. The summed E-state index contributed by atoms with van der Waals surface area (Å²) >= 11 is 0. The molecule has 1 saturated heterocycles. The van der Waals surface area contributed by atoms with Gasteiger partial charge in [0.15, 0.2) is 0 Å². The van der Waals surface area contributed by atoms with Gasteiger partial charge < -0.3 is 9.64 Å². The summed E-state index contributed by atoms with van der Waals surface area (Å²) in [5, 5.41) is 0. The fraction of sp³-hybridized carbons (Fsp3) is 0.375. The number of methoxy groups -OCH3 is 1. The van der Waals surface area contributed by atoms with Crippen molar-refractivity contribution in [1.82, 2.24) is 9.97 Å². The predicted molar refractivity (Wildman–Crippen MR) is 79.3 cm³/mol. The lowest BCUT2D eigenvalue weighted by Gasteiger charge is -2.25. The van der Waals surface area contributed by atoms with Gasteiger partial charge in [0.2, 0.25) is 5.95 Å². The Bertz CT molecular complexity index is 673. The van der Waals surface area contributed by atoms with E-state index in [0.717, 1.165) is 36.4 Å². The van der Waals surface area contributed by atoms with Crippen molar-refractivity contribution in [3.8, 4) is 5.75 Å². The largest absolute Gasteiger partial charge is 0.497 e. The molecule has 0 saturated carbocycles. The molecule has 122 valence electrons. The monoisotopic (exact) mass is 323 g/mol. The molecule has 2 heterocycles. The molecular formula is C16H16F3N3O. The molecule has 1 aromatic heterocycles. The van der Waals surface area contributed by atoms with Gasteiger partial charge in [-0.25, -0.2) is 9.97 Å². The quantitative estimate of drug-likeness (QED) is 0.860. The number of hydrogen-bond acceptors (Lipinski definition) is 4. The summed E-state index contributed by atoms with van der Waals surface area (Å²) in [5.41, 5.74) is 0.104. The number of alkyl halides is 3. The maximum atomic E-state index is 12.8. The predicted octanol–water partition coefficient (Wildman–Crippen LogP) is 3.85. The Morgan fingerprint density at radius 2 is 1.91 bits per heavy atom. The molecule has 1 fully saturated rings. The molecule has 7 heteroatoms. The molecule has 1 aliphatic rings. The van der Waals surface area contributed by atoms with Gasteiger partial charge in [0, 0.05) is 12.7 Å². The zero-order valence-corrected chi connectivity index (χ0v) is 12.5. The molecule has 0 aliphatic carbocycles.